The van der Waals surface area contributed by atoms with Gasteiger partial charge in [-0.15, -0.1) is 11.8 Å². The lowest BCUT2D eigenvalue weighted by atomic mass is 9.95. The van der Waals surface area contributed by atoms with Crippen LogP contribution in [0.1, 0.15) is 46.5 Å². The molecule has 0 spiro atoms. The molecule has 146 valence electrons. The van der Waals surface area contributed by atoms with Gasteiger partial charge in [0.1, 0.15) is 0 Å². The average molecular weight is 396 g/mol. The summed E-state index contributed by atoms with van der Waals surface area (Å²) >= 11 is 1.85. The van der Waals surface area contributed by atoms with E-state index in [4.69, 9.17) is 4.99 Å². The minimum atomic E-state index is -0.690. The fourth-order valence-corrected chi connectivity index (χ4v) is 5.53. The molecule has 1 saturated carbocycles. The summed E-state index contributed by atoms with van der Waals surface area (Å²) in [7, 11) is -0.690. The number of nitrogens with zero attached hydrogens (tertiary/aromatic N) is 1. The van der Waals surface area contributed by atoms with Crippen LogP contribution in [0.5, 0.6) is 0 Å². The van der Waals surface area contributed by atoms with Crippen molar-refractivity contribution in [3.05, 3.63) is 30.3 Å². The third kappa shape index (κ3) is 7.31. The lowest BCUT2D eigenvalue weighted by Gasteiger charge is -2.30. The van der Waals surface area contributed by atoms with Crippen LogP contribution in [-0.4, -0.2) is 45.6 Å². The highest BCUT2D eigenvalue weighted by Crippen LogP contribution is 2.24. The molecule has 0 bridgehead atoms. The monoisotopic (exact) mass is 395 g/mol. The van der Waals surface area contributed by atoms with E-state index in [0.29, 0.717) is 16.5 Å². The van der Waals surface area contributed by atoms with Crippen molar-refractivity contribution in [2.75, 3.05) is 18.8 Å². The molecule has 4 unspecified atom stereocenters. The summed E-state index contributed by atoms with van der Waals surface area (Å²) in [4.78, 5) is 6.07. The number of aliphatic imine (C=N–C) groups is 1. The topological polar surface area (TPSA) is 53.5 Å². The van der Waals surface area contributed by atoms with E-state index in [2.05, 4.69) is 48.7 Å². The Morgan fingerprint density at radius 1 is 1.31 bits per heavy atom. The molecule has 0 radical (unpaired) electrons. The van der Waals surface area contributed by atoms with Crippen molar-refractivity contribution in [3.8, 4) is 0 Å². The molecule has 0 heterocycles. The molecule has 0 aromatic heterocycles. The van der Waals surface area contributed by atoms with Crippen LogP contribution in [0.3, 0.4) is 0 Å². The second-order valence-corrected chi connectivity index (χ2v) is 10.3. The van der Waals surface area contributed by atoms with E-state index in [9.17, 15) is 4.21 Å². The normalized spacial score (nSPS) is 23.3. The van der Waals surface area contributed by atoms with Gasteiger partial charge >= 0.3 is 0 Å². The third-order valence-corrected chi connectivity index (χ3v) is 7.39. The molecule has 1 aromatic rings. The average Bonchev–Trinajstić information content (AvgIpc) is 2.66. The standard InChI is InChI=1S/C20H33N3OS2/c1-4-21-20(22-15-16(3)25-18-11-7-6-8-12-18)23-17-10-9-13-19(14-17)26(24)5-2/h6-8,11-12,16-17,19H,4-5,9-10,13-15H2,1-3H3,(H2,21,22,23). The quantitative estimate of drug-likeness (QED) is 0.399. The molecule has 1 aromatic carbocycles. The van der Waals surface area contributed by atoms with Crippen molar-refractivity contribution < 1.29 is 4.21 Å². The number of benzene rings is 1. The Morgan fingerprint density at radius 3 is 2.77 bits per heavy atom. The highest BCUT2D eigenvalue weighted by Gasteiger charge is 2.26. The van der Waals surface area contributed by atoms with E-state index in [1.54, 1.807) is 0 Å². The lowest BCUT2D eigenvalue weighted by Crippen LogP contribution is -2.46. The van der Waals surface area contributed by atoms with E-state index in [-0.39, 0.29) is 0 Å². The van der Waals surface area contributed by atoms with Crippen LogP contribution in [0.25, 0.3) is 0 Å². The Balaban J connectivity index is 1.88. The highest BCUT2D eigenvalue weighted by molar-refractivity contribution is 8.00. The molecule has 1 aliphatic carbocycles. The van der Waals surface area contributed by atoms with Gasteiger partial charge in [0.05, 0.1) is 6.54 Å². The Labute approximate surface area is 165 Å². The van der Waals surface area contributed by atoms with Crippen molar-refractivity contribution in [1.29, 1.82) is 0 Å². The van der Waals surface area contributed by atoms with Crippen molar-refractivity contribution in [3.63, 3.8) is 0 Å². The lowest BCUT2D eigenvalue weighted by molar-refractivity contribution is 0.413. The molecule has 4 nitrogen and oxygen atoms in total. The minimum Gasteiger partial charge on any atom is -0.357 e. The summed E-state index contributed by atoms with van der Waals surface area (Å²) in [6, 6.07) is 10.9. The van der Waals surface area contributed by atoms with E-state index < -0.39 is 10.8 Å². The molecule has 2 N–H and O–H groups in total. The number of guanidine groups is 1. The molecule has 0 amide bonds. The van der Waals surface area contributed by atoms with Crippen LogP contribution in [0.2, 0.25) is 0 Å². The maximum Gasteiger partial charge on any atom is 0.191 e. The van der Waals surface area contributed by atoms with E-state index in [1.165, 1.54) is 4.90 Å². The first-order chi connectivity index (χ1) is 12.6. The van der Waals surface area contributed by atoms with Crippen molar-refractivity contribution in [2.45, 2.75) is 67.9 Å². The molecular weight excluding hydrogens is 362 g/mol. The predicted octanol–water partition coefficient (Wildman–Crippen LogP) is 3.80. The first kappa shape index (κ1) is 21.3. The first-order valence-electron chi connectivity index (χ1n) is 9.76. The second kappa shape index (κ2) is 11.7. The minimum absolute atomic E-state index is 0.335. The molecule has 0 saturated heterocycles. The summed E-state index contributed by atoms with van der Waals surface area (Å²) in [6.45, 7) is 7.94. The van der Waals surface area contributed by atoms with Crippen LogP contribution < -0.4 is 10.6 Å². The van der Waals surface area contributed by atoms with Crippen LogP contribution >= 0.6 is 11.8 Å². The summed E-state index contributed by atoms with van der Waals surface area (Å²) in [5.74, 6) is 1.65. The SMILES string of the molecule is CCNC(=NCC(C)Sc1ccccc1)NC1CCCC(S(=O)CC)C1. The van der Waals surface area contributed by atoms with Gasteiger partial charge in [-0.05, 0) is 38.3 Å². The number of hydrogen-bond acceptors (Lipinski definition) is 3. The summed E-state index contributed by atoms with van der Waals surface area (Å²) in [6.07, 6.45) is 4.36. The molecule has 1 fully saturated rings. The van der Waals surface area contributed by atoms with Crippen LogP contribution in [0, 0.1) is 0 Å². The van der Waals surface area contributed by atoms with Gasteiger partial charge in [0, 0.05) is 44.5 Å². The van der Waals surface area contributed by atoms with Gasteiger partial charge in [-0.1, -0.05) is 38.5 Å². The van der Waals surface area contributed by atoms with Crippen LogP contribution in [0.15, 0.2) is 40.2 Å². The van der Waals surface area contributed by atoms with Gasteiger partial charge in [0.2, 0.25) is 0 Å². The Morgan fingerprint density at radius 2 is 2.08 bits per heavy atom. The molecule has 26 heavy (non-hydrogen) atoms. The molecule has 4 atom stereocenters. The molecule has 1 aliphatic rings. The molecular formula is C20H33N3OS2. The number of hydrogen-bond donors (Lipinski definition) is 2. The number of rotatable bonds is 8. The summed E-state index contributed by atoms with van der Waals surface area (Å²) < 4.78 is 12.1. The number of nitrogens with one attached hydrogen (secondary N) is 2. The summed E-state index contributed by atoms with van der Waals surface area (Å²) in [5.41, 5.74) is 0. The zero-order valence-corrected chi connectivity index (χ0v) is 17.9. The Bertz CT molecular complexity index is 580. The fraction of sp³-hybridized carbons (Fsp3) is 0.650. The third-order valence-electron chi connectivity index (χ3n) is 4.55. The van der Waals surface area contributed by atoms with E-state index in [1.807, 2.05) is 24.8 Å². The fourth-order valence-electron chi connectivity index (χ4n) is 3.25. The summed E-state index contributed by atoms with van der Waals surface area (Å²) in [5, 5.41) is 7.69. The van der Waals surface area contributed by atoms with Gasteiger partial charge < -0.3 is 10.6 Å². The number of thioether (sulfide) groups is 1. The van der Waals surface area contributed by atoms with Crippen molar-refractivity contribution >= 4 is 28.5 Å². The maximum atomic E-state index is 12.1. The van der Waals surface area contributed by atoms with Crippen LogP contribution in [0.4, 0.5) is 0 Å². The smallest absolute Gasteiger partial charge is 0.191 e. The molecule has 6 heteroatoms. The Kier molecular flexibility index (Phi) is 9.54. The van der Waals surface area contributed by atoms with Crippen molar-refractivity contribution in [2.24, 2.45) is 4.99 Å². The first-order valence-corrected chi connectivity index (χ1v) is 12.0. The molecule has 2 rings (SSSR count). The van der Waals surface area contributed by atoms with Gasteiger partial charge in [-0.25, -0.2) is 0 Å². The van der Waals surface area contributed by atoms with Gasteiger partial charge in [-0.2, -0.15) is 0 Å². The maximum absolute atomic E-state index is 12.1. The van der Waals surface area contributed by atoms with Gasteiger partial charge in [0.15, 0.2) is 5.96 Å². The predicted molar refractivity (Wildman–Crippen MR) is 116 cm³/mol. The van der Waals surface area contributed by atoms with E-state index in [0.717, 1.165) is 50.5 Å². The Hall–Kier alpha value is -1.01. The highest BCUT2D eigenvalue weighted by atomic mass is 32.2. The zero-order valence-electron chi connectivity index (χ0n) is 16.2. The second-order valence-electron chi connectivity index (χ2n) is 6.76. The molecule has 0 aliphatic heterocycles. The van der Waals surface area contributed by atoms with E-state index >= 15 is 0 Å². The zero-order chi connectivity index (χ0) is 18.8. The van der Waals surface area contributed by atoms with Gasteiger partial charge in [-0.3, -0.25) is 9.20 Å². The van der Waals surface area contributed by atoms with Crippen molar-refractivity contribution in [1.82, 2.24) is 10.6 Å². The van der Waals surface area contributed by atoms with Crippen LogP contribution in [-0.2, 0) is 10.8 Å². The van der Waals surface area contributed by atoms with Gasteiger partial charge in [0.25, 0.3) is 0 Å². The largest absolute Gasteiger partial charge is 0.357 e.